The highest BCUT2D eigenvalue weighted by atomic mass is 35.5. The molecule has 1 nitrogen and oxygen atoms in total. The fourth-order valence-corrected chi connectivity index (χ4v) is 3.48. The zero-order valence-electron chi connectivity index (χ0n) is 16.0. The fourth-order valence-electron chi connectivity index (χ4n) is 3.48. The summed E-state index contributed by atoms with van der Waals surface area (Å²) < 4.78 is 0.900. The van der Waals surface area contributed by atoms with Gasteiger partial charge in [-0.1, -0.05) is 81.8 Å². The van der Waals surface area contributed by atoms with E-state index in [1.807, 2.05) is 0 Å². The lowest BCUT2D eigenvalue weighted by molar-refractivity contribution is -0.00000505. The Balaban J connectivity index is 0.00000312. The van der Waals surface area contributed by atoms with Crippen molar-refractivity contribution in [2.75, 3.05) is 13.6 Å². The molecular formula is C23H34ClN. The second-order valence-electron chi connectivity index (χ2n) is 7.06. The van der Waals surface area contributed by atoms with Crippen LogP contribution >= 0.6 is 0 Å². The first-order chi connectivity index (χ1) is 11.8. The van der Waals surface area contributed by atoms with E-state index in [4.69, 9.17) is 0 Å². The standard InChI is InChI=1S/C23H34N.ClH/c1-3-4-5-6-7-8-9-16-21-24(2,22-17-12-10-13-18-22)23-19-14-11-15-20-23;/h10-15,17-20H,3-9,16,21H2,1-2H3;1H/q+1;/p-1. The molecule has 0 amide bonds. The van der Waals surface area contributed by atoms with Gasteiger partial charge in [0.1, 0.15) is 11.4 Å². The highest BCUT2D eigenvalue weighted by molar-refractivity contribution is 5.57. The lowest BCUT2D eigenvalue weighted by Crippen LogP contribution is -3.00. The van der Waals surface area contributed by atoms with Gasteiger partial charge in [0.15, 0.2) is 0 Å². The molecule has 0 heterocycles. The quantitative estimate of drug-likeness (QED) is 0.418. The molecule has 0 unspecified atom stereocenters. The van der Waals surface area contributed by atoms with Gasteiger partial charge in [-0.2, -0.15) is 0 Å². The van der Waals surface area contributed by atoms with Crippen molar-refractivity contribution in [3.05, 3.63) is 60.7 Å². The van der Waals surface area contributed by atoms with Crippen LogP contribution in [-0.4, -0.2) is 13.6 Å². The number of nitrogens with zero attached hydrogens (tertiary/aromatic N) is 1. The van der Waals surface area contributed by atoms with Gasteiger partial charge < -0.3 is 12.4 Å². The number of halogens is 1. The molecule has 0 saturated heterocycles. The third-order valence-corrected chi connectivity index (χ3v) is 5.11. The molecular weight excluding hydrogens is 326 g/mol. The molecule has 138 valence electrons. The zero-order chi connectivity index (χ0) is 17.1. The van der Waals surface area contributed by atoms with Crippen LogP contribution in [-0.2, 0) is 0 Å². The summed E-state index contributed by atoms with van der Waals surface area (Å²) in [6.45, 7) is 3.45. The molecule has 0 radical (unpaired) electrons. The molecule has 2 rings (SSSR count). The second kappa shape index (κ2) is 12.1. The van der Waals surface area contributed by atoms with Crippen molar-refractivity contribution in [2.24, 2.45) is 0 Å². The van der Waals surface area contributed by atoms with Crippen LogP contribution in [0.25, 0.3) is 0 Å². The van der Waals surface area contributed by atoms with E-state index in [0.717, 1.165) is 4.48 Å². The van der Waals surface area contributed by atoms with E-state index in [-0.39, 0.29) is 12.4 Å². The Morgan fingerprint density at radius 2 is 1.00 bits per heavy atom. The minimum Gasteiger partial charge on any atom is -1.00 e. The topological polar surface area (TPSA) is 0 Å². The van der Waals surface area contributed by atoms with Crippen molar-refractivity contribution in [1.29, 1.82) is 0 Å². The molecule has 0 bridgehead atoms. The average molecular weight is 360 g/mol. The van der Waals surface area contributed by atoms with Crippen LogP contribution < -0.4 is 16.9 Å². The molecule has 2 aromatic rings. The smallest absolute Gasteiger partial charge is 0.137 e. The summed E-state index contributed by atoms with van der Waals surface area (Å²) in [5.74, 6) is 0. The lowest BCUT2D eigenvalue weighted by atomic mass is 10.1. The maximum absolute atomic E-state index is 2.35. The Morgan fingerprint density at radius 3 is 1.44 bits per heavy atom. The Morgan fingerprint density at radius 1 is 0.600 bits per heavy atom. The van der Waals surface area contributed by atoms with Crippen molar-refractivity contribution in [3.63, 3.8) is 0 Å². The third-order valence-electron chi connectivity index (χ3n) is 5.11. The van der Waals surface area contributed by atoms with Gasteiger partial charge in [0.2, 0.25) is 0 Å². The van der Waals surface area contributed by atoms with Crippen LogP contribution in [0.1, 0.15) is 58.3 Å². The summed E-state index contributed by atoms with van der Waals surface area (Å²) in [6, 6.07) is 21.9. The summed E-state index contributed by atoms with van der Waals surface area (Å²) >= 11 is 0. The molecule has 25 heavy (non-hydrogen) atoms. The normalized spacial score (nSPS) is 11.1. The summed E-state index contributed by atoms with van der Waals surface area (Å²) in [6.07, 6.45) is 11.0. The molecule has 0 aliphatic carbocycles. The largest absolute Gasteiger partial charge is 1.00 e. The van der Waals surface area contributed by atoms with E-state index in [1.165, 1.54) is 69.3 Å². The first-order valence-corrected chi connectivity index (χ1v) is 9.74. The molecule has 0 saturated carbocycles. The fraction of sp³-hybridized carbons (Fsp3) is 0.478. The third kappa shape index (κ3) is 6.84. The lowest BCUT2D eigenvalue weighted by Gasteiger charge is -2.33. The van der Waals surface area contributed by atoms with E-state index in [0.29, 0.717) is 0 Å². The number of unbranched alkanes of at least 4 members (excludes halogenated alkanes) is 7. The van der Waals surface area contributed by atoms with E-state index in [9.17, 15) is 0 Å². The van der Waals surface area contributed by atoms with Crippen molar-refractivity contribution < 1.29 is 12.4 Å². The molecule has 0 aliphatic rings. The van der Waals surface area contributed by atoms with Gasteiger partial charge in [-0.3, -0.25) is 4.48 Å². The number of hydrogen-bond acceptors (Lipinski definition) is 0. The number of hydrogen-bond donors (Lipinski definition) is 0. The van der Waals surface area contributed by atoms with Gasteiger partial charge >= 0.3 is 0 Å². The van der Waals surface area contributed by atoms with Gasteiger partial charge in [0, 0.05) is 0 Å². The zero-order valence-corrected chi connectivity index (χ0v) is 16.7. The summed E-state index contributed by atoms with van der Waals surface area (Å²) in [4.78, 5) is 0. The molecule has 2 heteroatoms. The van der Waals surface area contributed by atoms with Crippen LogP contribution in [0.5, 0.6) is 0 Å². The second-order valence-corrected chi connectivity index (χ2v) is 7.06. The van der Waals surface area contributed by atoms with Crippen LogP contribution in [0.15, 0.2) is 60.7 Å². The number of para-hydroxylation sites is 2. The number of quaternary nitrogens is 1. The van der Waals surface area contributed by atoms with Crippen molar-refractivity contribution in [1.82, 2.24) is 4.48 Å². The minimum absolute atomic E-state index is 0. The molecule has 0 aliphatic heterocycles. The van der Waals surface area contributed by atoms with Crippen LogP contribution in [0.4, 0.5) is 11.4 Å². The van der Waals surface area contributed by atoms with Crippen LogP contribution in [0.3, 0.4) is 0 Å². The minimum atomic E-state index is 0. The Kier molecular flexibility index (Phi) is 10.5. The Bertz CT molecular complexity index is 513. The van der Waals surface area contributed by atoms with E-state index >= 15 is 0 Å². The van der Waals surface area contributed by atoms with E-state index < -0.39 is 0 Å². The molecule has 0 aromatic heterocycles. The number of rotatable bonds is 11. The van der Waals surface area contributed by atoms with E-state index in [1.54, 1.807) is 0 Å². The summed E-state index contributed by atoms with van der Waals surface area (Å²) in [5.41, 5.74) is 2.76. The number of benzene rings is 2. The summed E-state index contributed by atoms with van der Waals surface area (Å²) in [5, 5.41) is 0. The predicted octanol–water partition coefficient (Wildman–Crippen LogP) is 4.10. The van der Waals surface area contributed by atoms with Gasteiger partial charge in [-0.25, -0.2) is 0 Å². The Hall–Kier alpha value is -1.31. The molecule has 2 aromatic carbocycles. The monoisotopic (exact) mass is 359 g/mol. The maximum atomic E-state index is 2.35. The van der Waals surface area contributed by atoms with Crippen molar-refractivity contribution in [2.45, 2.75) is 58.3 Å². The highest BCUT2D eigenvalue weighted by Crippen LogP contribution is 2.32. The van der Waals surface area contributed by atoms with Gasteiger partial charge in [-0.15, -0.1) is 0 Å². The highest BCUT2D eigenvalue weighted by Gasteiger charge is 2.27. The molecule has 0 N–H and O–H groups in total. The SMILES string of the molecule is CCCCCCCCCC[N+](C)(c1ccccc1)c1ccccc1.[Cl-]. The van der Waals surface area contributed by atoms with Crippen LogP contribution in [0.2, 0.25) is 0 Å². The van der Waals surface area contributed by atoms with Crippen molar-refractivity contribution in [3.8, 4) is 0 Å². The van der Waals surface area contributed by atoms with E-state index in [2.05, 4.69) is 74.6 Å². The molecule has 0 fully saturated rings. The van der Waals surface area contributed by atoms with Crippen molar-refractivity contribution >= 4 is 11.4 Å². The first-order valence-electron chi connectivity index (χ1n) is 9.74. The Labute approximate surface area is 161 Å². The molecule has 0 atom stereocenters. The molecule has 0 spiro atoms. The van der Waals surface area contributed by atoms with Gasteiger partial charge in [0.05, 0.1) is 13.6 Å². The summed E-state index contributed by atoms with van der Waals surface area (Å²) in [7, 11) is 2.35. The predicted molar refractivity (Wildman–Crippen MR) is 108 cm³/mol. The average Bonchev–Trinajstić information content (AvgIpc) is 2.65. The maximum Gasteiger partial charge on any atom is 0.137 e. The first kappa shape index (κ1) is 21.7. The van der Waals surface area contributed by atoms with Crippen LogP contribution in [0, 0.1) is 0 Å². The van der Waals surface area contributed by atoms with Gasteiger partial charge in [0.25, 0.3) is 0 Å². The van der Waals surface area contributed by atoms with Gasteiger partial charge in [-0.05, 0) is 37.1 Å².